The Bertz CT molecular complexity index is 2470. The number of rotatable bonds is 2. The lowest BCUT2D eigenvalue weighted by Gasteiger charge is -2.33. The van der Waals surface area contributed by atoms with Crippen molar-refractivity contribution < 1.29 is 9.47 Å². The highest BCUT2D eigenvalue weighted by Crippen LogP contribution is 2.39. The van der Waals surface area contributed by atoms with Crippen LogP contribution in [0.15, 0.2) is 134 Å². The molecule has 204 valence electrons. The van der Waals surface area contributed by atoms with Crippen molar-refractivity contribution in [2.24, 2.45) is 0 Å². The molecule has 10 rings (SSSR count). The van der Waals surface area contributed by atoms with Gasteiger partial charge in [0.2, 0.25) is 0 Å². The van der Waals surface area contributed by atoms with Crippen LogP contribution in [0.2, 0.25) is 0 Å². The number of hydrogen-bond acceptors (Lipinski definition) is 4. The summed E-state index contributed by atoms with van der Waals surface area (Å²) in [6.45, 7) is -0.0753. The average molecular weight is 563 g/mol. The van der Waals surface area contributed by atoms with Crippen LogP contribution in [0.1, 0.15) is 0 Å². The van der Waals surface area contributed by atoms with Gasteiger partial charge in [-0.05, 0) is 82.5 Å². The topological polar surface area (TPSA) is 49.2 Å². The summed E-state index contributed by atoms with van der Waals surface area (Å²) < 4.78 is 15.4. The molecule has 44 heavy (non-hydrogen) atoms. The molecule has 2 aliphatic heterocycles. The number of ether oxygens (including phenoxy) is 2. The maximum atomic E-state index is 6.66. The van der Waals surface area contributed by atoms with Crippen LogP contribution < -0.4 is 25.9 Å². The molecule has 5 nitrogen and oxygen atoms in total. The van der Waals surface area contributed by atoms with Crippen LogP contribution >= 0.6 is 0 Å². The van der Waals surface area contributed by atoms with Gasteiger partial charge in [0.1, 0.15) is 28.8 Å². The monoisotopic (exact) mass is 563 g/mol. The minimum atomic E-state index is -0.0753. The van der Waals surface area contributed by atoms with Gasteiger partial charge in [0.25, 0.3) is 6.71 Å². The molecule has 0 saturated heterocycles. The lowest BCUT2D eigenvalue weighted by molar-refractivity contribution is 0.465. The first-order valence-electron chi connectivity index (χ1n) is 14.8. The van der Waals surface area contributed by atoms with Crippen molar-refractivity contribution >= 4 is 55.7 Å². The van der Waals surface area contributed by atoms with E-state index in [1.54, 1.807) is 0 Å². The first kappa shape index (κ1) is 23.7. The van der Waals surface area contributed by atoms with E-state index in [4.69, 9.17) is 19.4 Å². The molecule has 0 aliphatic carbocycles. The quantitative estimate of drug-likeness (QED) is 0.210. The second-order valence-electron chi connectivity index (χ2n) is 11.4. The minimum absolute atomic E-state index is 0.0753. The highest BCUT2D eigenvalue weighted by Gasteiger charge is 2.40. The van der Waals surface area contributed by atoms with Gasteiger partial charge in [-0.3, -0.25) is 9.55 Å². The predicted octanol–water partition coefficient (Wildman–Crippen LogP) is 7.12. The van der Waals surface area contributed by atoms with Crippen molar-refractivity contribution in [3.63, 3.8) is 0 Å². The first-order chi connectivity index (χ1) is 21.8. The number of fused-ring (bicyclic) bond motifs is 8. The normalized spacial score (nSPS) is 12.9. The molecule has 0 spiro atoms. The van der Waals surface area contributed by atoms with Gasteiger partial charge in [-0.15, -0.1) is 0 Å². The van der Waals surface area contributed by atoms with Gasteiger partial charge >= 0.3 is 0 Å². The van der Waals surface area contributed by atoms with Gasteiger partial charge in [0, 0.05) is 34.0 Å². The Morgan fingerprint density at radius 1 is 0.545 bits per heavy atom. The third-order valence-electron chi connectivity index (χ3n) is 9.00. The number of benzene rings is 5. The van der Waals surface area contributed by atoms with E-state index in [1.807, 2.05) is 48.8 Å². The van der Waals surface area contributed by atoms with Gasteiger partial charge < -0.3 is 9.47 Å². The molecule has 0 amide bonds. The molecule has 5 heterocycles. The summed E-state index contributed by atoms with van der Waals surface area (Å²) in [5, 5.41) is 4.59. The molecule has 8 aromatic rings. The lowest BCUT2D eigenvalue weighted by Crippen LogP contribution is -2.57. The van der Waals surface area contributed by atoms with E-state index in [-0.39, 0.29) is 6.71 Å². The largest absolute Gasteiger partial charge is 0.458 e. The molecule has 0 atom stereocenters. The zero-order chi connectivity index (χ0) is 28.8. The second kappa shape index (κ2) is 8.82. The maximum Gasteiger partial charge on any atom is 0.260 e. The molecule has 0 unspecified atom stereocenters. The summed E-state index contributed by atoms with van der Waals surface area (Å²) in [5.74, 6) is 4.24. The second-order valence-corrected chi connectivity index (χ2v) is 11.4. The number of hydrogen-bond donors (Lipinski definition) is 0. The van der Waals surface area contributed by atoms with Crippen LogP contribution in [-0.2, 0) is 0 Å². The summed E-state index contributed by atoms with van der Waals surface area (Å²) >= 11 is 0. The van der Waals surface area contributed by atoms with Crippen LogP contribution in [0.4, 0.5) is 0 Å². The van der Waals surface area contributed by atoms with E-state index in [9.17, 15) is 0 Å². The highest BCUT2D eigenvalue weighted by atomic mass is 16.5. The Morgan fingerprint density at radius 3 is 2.23 bits per heavy atom. The predicted molar refractivity (Wildman–Crippen MR) is 177 cm³/mol. The Kier molecular flexibility index (Phi) is 4.74. The SMILES string of the molecule is c1ccc(-n2c3ccccc3c3cc4c(cc32)B2c3cc(-c5cc6ccccc6cn5)ccc3Oc3cccc(c32)O4)nc1. The number of pyridine rings is 2. The van der Waals surface area contributed by atoms with Crippen molar-refractivity contribution in [3.05, 3.63) is 134 Å². The van der Waals surface area contributed by atoms with Gasteiger partial charge in [0.05, 0.1) is 16.7 Å². The van der Waals surface area contributed by atoms with Crippen molar-refractivity contribution in [2.75, 3.05) is 0 Å². The zero-order valence-electron chi connectivity index (χ0n) is 23.4. The molecule has 6 heteroatoms. The molecule has 2 aliphatic rings. The minimum Gasteiger partial charge on any atom is -0.458 e. The van der Waals surface area contributed by atoms with Gasteiger partial charge in [-0.25, -0.2) is 4.98 Å². The van der Waals surface area contributed by atoms with E-state index in [0.717, 1.165) is 83.7 Å². The molecule has 0 bridgehead atoms. The average Bonchev–Trinajstić information content (AvgIpc) is 3.40. The van der Waals surface area contributed by atoms with Crippen molar-refractivity contribution in [2.45, 2.75) is 0 Å². The highest BCUT2D eigenvalue weighted by molar-refractivity contribution is 6.98. The molecular weight excluding hydrogens is 541 g/mol. The summed E-state index contributed by atoms with van der Waals surface area (Å²) in [4.78, 5) is 9.57. The van der Waals surface area contributed by atoms with E-state index in [0.29, 0.717) is 0 Å². The van der Waals surface area contributed by atoms with E-state index >= 15 is 0 Å². The summed E-state index contributed by atoms with van der Waals surface area (Å²) in [7, 11) is 0. The molecular formula is C38H22BN3O2. The van der Waals surface area contributed by atoms with Crippen LogP contribution in [0.5, 0.6) is 23.0 Å². The Hall–Kier alpha value is -5.88. The molecule has 0 fully saturated rings. The Labute approximate surface area is 253 Å². The van der Waals surface area contributed by atoms with Crippen LogP contribution in [0.25, 0.3) is 49.7 Å². The molecule has 5 aromatic carbocycles. The summed E-state index contributed by atoms with van der Waals surface area (Å²) in [5.41, 5.74) is 7.44. The Balaban J connectivity index is 1.24. The summed E-state index contributed by atoms with van der Waals surface area (Å²) in [6.07, 6.45) is 3.79. The maximum absolute atomic E-state index is 6.66. The van der Waals surface area contributed by atoms with Crippen molar-refractivity contribution in [1.82, 2.24) is 14.5 Å². The fourth-order valence-electron chi connectivity index (χ4n) is 7.03. The van der Waals surface area contributed by atoms with Crippen molar-refractivity contribution in [1.29, 1.82) is 0 Å². The smallest absolute Gasteiger partial charge is 0.260 e. The fourth-order valence-corrected chi connectivity index (χ4v) is 7.03. The van der Waals surface area contributed by atoms with Crippen LogP contribution in [-0.4, -0.2) is 21.2 Å². The lowest BCUT2D eigenvalue weighted by atomic mass is 9.34. The molecule has 0 N–H and O–H groups in total. The third-order valence-corrected chi connectivity index (χ3v) is 9.00. The number of para-hydroxylation sites is 1. The van der Waals surface area contributed by atoms with Gasteiger partial charge in [-0.1, -0.05) is 60.7 Å². The zero-order valence-corrected chi connectivity index (χ0v) is 23.4. The van der Waals surface area contributed by atoms with Crippen molar-refractivity contribution in [3.8, 4) is 40.1 Å². The Morgan fingerprint density at radius 2 is 1.34 bits per heavy atom. The first-order valence-corrected chi connectivity index (χ1v) is 14.8. The summed E-state index contributed by atoms with van der Waals surface area (Å²) in [6, 6.07) is 42.0. The molecule has 3 aromatic heterocycles. The molecule has 0 radical (unpaired) electrons. The fraction of sp³-hybridized carbons (Fsp3) is 0. The van der Waals surface area contributed by atoms with E-state index in [2.05, 4.69) is 89.5 Å². The third kappa shape index (κ3) is 3.31. The number of nitrogens with zero attached hydrogens (tertiary/aromatic N) is 3. The van der Waals surface area contributed by atoms with Crippen LogP contribution in [0, 0.1) is 0 Å². The van der Waals surface area contributed by atoms with Gasteiger partial charge in [0.15, 0.2) is 0 Å². The molecule has 0 saturated carbocycles. The van der Waals surface area contributed by atoms with Crippen LogP contribution in [0.3, 0.4) is 0 Å². The van der Waals surface area contributed by atoms with Gasteiger partial charge in [-0.2, -0.15) is 0 Å². The van der Waals surface area contributed by atoms with E-state index in [1.165, 1.54) is 5.39 Å². The number of aromatic nitrogens is 3. The van der Waals surface area contributed by atoms with E-state index < -0.39 is 0 Å². The standard InChI is InChI=1S/C38H22BN3O2/c1-2-9-25-22-41-30(19-23(25)8-1)24-15-16-33-28(18-24)39-29-21-32-27(20-36(29)44-35-13-7-12-34(43-33)38(35)39)26-10-3-4-11-31(26)42(32)37-14-5-6-17-40-37/h1-22H.